The number of nitrogens with one attached hydrogen (secondary N) is 1. The van der Waals surface area contributed by atoms with E-state index in [9.17, 15) is 17.6 Å². The second-order valence-electron chi connectivity index (χ2n) is 3.97. The van der Waals surface area contributed by atoms with Gasteiger partial charge in [0.1, 0.15) is 5.82 Å². The first-order chi connectivity index (χ1) is 8.43. The summed E-state index contributed by atoms with van der Waals surface area (Å²) in [5, 5.41) is 0. The van der Waals surface area contributed by atoms with Crippen LogP contribution in [0.25, 0.3) is 0 Å². The van der Waals surface area contributed by atoms with Crippen molar-refractivity contribution in [1.82, 2.24) is 4.72 Å². The summed E-state index contributed by atoms with van der Waals surface area (Å²) in [7, 11) is -3.52. The summed E-state index contributed by atoms with van der Waals surface area (Å²) in [6.45, 7) is 1.72. The number of halogens is 1. The van der Waals surface area contributed by atoms with Crippen molar-refractivity contribution in [3.8, 4) is 0 Å². The Morgan fingerprint density at radius 1 is 1.39 bits per heavy atom. The molecule has 0 fully saturated rings. The minimum absolute atomic E-state index is 0.0202. The zero-order valence-corrected chi connectivity index (χ0v) is 11.0. The van der Waals surface area contributed by atoms with Gasteiger partial charge in [0.15, 0.2) is 0 Å². The minimum atomic E-state index is -3.52. The number of carbonyl (C=O) groups excluding carboxylic acids is 1. The molecule has 100 valence electrons. The van der Waals surface area contributed by atoms with Crippen LogP contribution in [0.5, 0.6) is 0 Å². The maximum Gasteiger partial charge on any atom is 0.234 e. The Morgan fingerprint density at radius 3 is 2.72 bits per heavy atom. The molecule has 6 heteroatoms. The Balaban J connectivity index is 2.47. The van der Waals surface area contributed by atoms with E-state index in [0.29, 0.717) is 18.4 Å². The fourth-order valence-electron chi connectivity index (χ4n) is 1.49. The lowest BCUT2D eigenvalue weighted by Crippen LogP contribution is -2.32. The molecule has 0 aromatic heterocycles. The Kier molecular flexibility index (Phi) is 5.27. The summed E-state index contributed by atoms with van der Waals surface area (Å²) in [4.78, 5) is 11.4. The standard InChI is InChI=1S/C12H16FNO3S/c1-2-8-18(16,17)14-12(15)7-6-10-4-3-5-11(13)9-10/h3-5,9H,2,6-8H2,1H3,(H,14,15). The van der Waals surface area contributed by atoms with Gasteiger partial charge >= 0.3 is 0 Å². The number of hydrogen-bond donors (Lipinski definition) is 1. The maximum atomic E-state index is 12.9. The Hall–Kier alpha value is -1.43. The second-order valence-corrected chi connectivity index (χ2v) is 5.82. The Bertz CT molecular complexity index is 514. The fourth-order valence-corrected chi connectivity index (χ4v) is 2.58. The van der Waals surface area contributed by atoms with E-state index in [1.165, 1.54) is 12.1 Å². The van der Waals surface area contributed by atoms with Gasteiger partial charge in [-0.2, -0.15) is 0 Å². The zero-order valence-electron chi connectivity index (χ0n) is 10.1. The predicted octanol–water partition coefficient (Wildman–Crippen LogP) is 1.61. The zero-order chi connectivity index (χ0) is 13.6. The molecule has 1 aromatic rings. The topological polar surface area (TPSA) is 63.2 Å². The SMILES string of the molecule is CCCS(=O)(=O)NC(=O)CCc1cccc(F)c1. The third-order valence-corrected chi connectivity index (χ3v) is 3.76. The molecule has 0 aliphatic heterocycles. The first-order valence-corrected chi connectivity index (χ1v) is 7.36. The summed E-state index contributed by atoms with van der Waals surface area (Å²) >= 11 is 0. The van der Waals surface area contributed by atoms with E-state index >= 15 is 0 Å². The molecule has 0 aliphatic carbocycles. The largest absolute Gasteiger partial charge is 0.274 e. The Labute approximate surface area is 106 Å². The molecule has 0 bridgehead atoms. The third-order valence-electron chi connectivity index (χ3n) is 2.27. The molecule has 0 heterocycles. The summed E-state index contributed by atoms with van der Waals surface area (Å²) in [6, 6.07) is 5.89. The Morgan fingerprint density at radius 2 is 2.11 bits per heavy atom. The van der Waals surface area contributed by atoms with Crippen LogP contribution in [0.3, 0.4) is 0 Å². The van der Waals surface area contributed by atoms with E-state index in [2.05, 4.69) is 0 Å². The van der Waals surface area contributed by atoms with Gasteiger partial charge in [0.25, 0.3) is 0 Å². The third kappa shape index (κ3) is 5.27. The summed E-state index contributed by atoms with van der Waals surface area (Å²) in [5.41, 5.74) is 0.665. The lowest BCUT2D eigenvalue weighted by Gasteiger charge is -2.05. The molecule has 0 saturated carbocycles. The summed E-state index contributed by atoms with van der Waals surface area (Å²) < 4.78 is 37.5. The van der Waals surface area contributed by atoms with Crippen molar-refractivity contribution in [1.29, 1.82) is 0 Å². The van der Waals surface area contributed by atoms with Gasteiger partial charge in [0.05, 0.1) is 5.75 Å². The highest BCUT2D eigenvalue weighted by Gasteiger charge is 2.13. The van der Waals surface area contributed by atoms with E-state index in [1.54, 1.807) is 19.1 Å². The molecule has 0 atom stereocenters. The molecular weight excluding hydrogens is 257 g/mol. The van der Waals surface area contributed by atoms with Crippen LogP contribution in [-0.4, -0.2) is 20.1 Å². The molecule has 0 unspecified atom stereocenters. The van der Waals surface area contributed by atoms with Gasteiger partial charge in [-0.3, -0.25) is 9.52 Å². The van der Waals surface area contributed by atoms with E-state index in [1.807, 2.05) is 4.72 Å². The van der Waals surface area contributed by atoms with Crippen molar-refractivity contribution < 1.29 is 17.6 Å². The molecule has 1 amide bonds. The van der Waals surface area contributed by atoms with Crippen molar-refractivity contribution in [2.75, 3.05) is 5.75 Å². The van der Waals surface area contributed by atoms with Crippen LogP contribution < -0.4 is 4.72 Å². The van der Waals surface area contributed by atoms with E-state index < -0.39 is 15.9 Å². The van der Waals surface area contributed by atoms with Crippen LogP contribution in [-0.2, 0) is 21.2 Å². The molecule has 0 saturated heterocycles. The first-order valence-electron chi connectivity index (χ1n) is 5.70. The average molecular weight is 273 g/mol. The minimum Gasteiger partial charge on any atom is -0.274 e. The van der Waals surface area contributed by atoms with E-state index in [-0.39, 0.29) is 18.0 Å². The number of rotatable bonds is 6. The smallest absolute Gasteiger partial charge is 0.234 e. The van der Waals surface area contributed by atoms with Crippen LogP contribution in [0.15, 0.2) is 24.3 Å². The van der Waals surface area contributed by atoms with Crippen LogP contribution in [0.2, 0.25) is 0 Å². The first kappa shape index (κ1) is 14.6. The van der Waals surface area contributed by atoms with E-state index in [4.69, 9.17) is 0 Å². The molecular formula is C12H16FNO3S. The number of sulfonamides is 1. The number of hydrogen-bond acceptors (Lipinski definition) is 3. The van der Waals surface area contributed by atoms with Crippen molar-refractivity contribution in [3.05, 3.63) is 35.6 Å². The highest BCUT2D eigenvalue weighted by atomic mass is 32.2. The van der Waals surface area contributed by atoms with Gasteiger partial charge in [-0.05, 0) is 30.5 Å². The molecule has 1 rings (SSSR count). The second kappa shape index (κ2) is 6.49. The molecule has 0 aliphatic rings. The van der Waals surface area contributed by atoms with Crippen molar-refractivity contribution in [3.63, 3.8) is 0 Å². The van der Waals surface area contributed by atoms with Crippen molar-refractivity contribution in [2.24, 2.45) is 0 Å². The van der Waals surface area contributed by atoms with Gasteiger partial charge in [-0.15, -0.1) is 0 Å². The maximum absolute atomic E-state index is 12.9. The van der Waals surface area contributed by atoms with Crippen molar-refractivity contribution in [2.45, 2.75) is 26.2 Å². The lowest BCUT2D eigenvalue weighted by atomic mass is 10.1. The molecule has 4 nitrogen and oxygen atoms in total. The molecule has 0 spiro atoms. The van der Waals surface area contributed by atoms with Gasteiger partial charge in [0, 0.05) is 6.42 Å². The molecule has 0 radical (unpaired) electrons. The lowest BCUT2D eigenvalue weighted by molar-refractivity contribution is -0.119. The number of aryl methyl sites for hydroxylation is 1. The van der Waals surface area contributed by atoms with Gasteiger partial charge < -0.3 is 0 Å². The summed E-state index contributed by atoms with van der Waals surface area (Å²) in [5.74, 6) is -1.00. The highest BCUT2D eigenvalue weighted by molar-refractivity contribution is 7.90. The number of benzene rings is 1. The number of carbonyl (C=O) groups is 1. The average Bonchev–Trinajstić information content (AvgIpc) is 2.25. The fraction of sp³-hybridized carbons (Fsp3) is 0.417. The molecule has 1 aromatic carbocycles. The predicted molar refractivity (Wildman–Crippen MR) is 66.9 cm³/mol. The van der Waals surface area contributed by atoms with Gasteiger partial charge in [-0.1, -0.05) is 19.1 Å². The van der Waals surface area contributed by atoms with Crippen molar-refractivity contribution >= 4 is 15.9 Å². The molecule has 1 N–H and O–H groups in total. The van der Waals surface area contributed by atoms with Gasteiger partial charge in [0.2, 0.25) is 15.9 Å². The monoisotopic (exact) mass is 273 g/mol. The van der Waals surface area contributed by atoms with Crippen LogP contribution in [0.4, 0.5) is 4.39 Å². The van der Waals surface area contributed by atoms with Crippen LogP contribution in [0.1, 0.15) is 25.3 Å². The molecule has 18 heavy (non-hydrogen) atoms. The van der Waals surface area contributed by atoms with E-state index in [0.717, 1.165) is 0 Å². The number of amides is 1. The quantitative estimate of drug-likeness (QED) is 0.856. The normalized spacial score (nSPS) is 11.2. The van der Waals surface area contributed by atoms with Gasteiger partial charge in [-0.25, -0.2) is 12.8 Å². The van der Waals surface area contributed by atoms with Crippen LogP contribution in [0, 0.1) is 5.82 Å². The van der Waals surface area contributed by atoms with Crippen LogP contribution >= 0.6 is 0 Å². The summed E-state index contributed by atoms with van der Waals surface area (Å²) in [6.07, 6.45) is 0.782. The highest BCUT2D eigenvalue weighted by Crippen LogP contribution is 2.06.